The molecule has 0 aromatic carbocycles. The van der Waals surface area contributed by atoms with Crippen LogP contribution in [0.4, 0.5) is 0 Å². The van der Waals surface area contributed by atoms with Crippen molar-refractivity contribution in [3.63, 3.8) is 0 Å². The van der Waals surface area contributed by atoms with Crippen LogP contribution in [0, 0.1) is 0 Å². The predicted molar refractivity (Wildman–Crippen MR) is 53.3 cm³/mol. The van der Waals surface area contributed by atoms with Gasteiger partial charge in [0.05, 0.1) is 13.2 Å². The molecule has 0 aromatic heterocycles. The number of carbonyl (C=O) groups is 1. The normalized spacial score (nSPS) is 8.75. The van der Waals surface area contributed by atoms with Crippen molar-refractivity contribution in [3.8, 4) is 0 Å². The van der Waals surface area contributed by atoms with Gasteiger partial charge in [-0.2, -0.15) is 0 Å². The van der Waals surface area contributed by atoms with Crippen molar-refractivity contribution in [1.82, 2.24) is 0 Å². The molecule has 0 aromatic rings. The molecule has 12 heavy (non-hydrogen) atoms. The van der Waals surface area contributed by atoms with E-state index in [4.69, 9.17) is 4.74 Å². The lowest BCUT2D eigenvalue weighted by molar-refractivity contribution is -0.137. The topological polar surface area (TPSA) is 35.5 Å². The second kappa shape index (κ2) is 7.12. The Kier molecular flexibility index (Phi) is 6.79. The van der Waals surface area contributed by atoms with Crippen LogP contribution < -0.4 is 0 Å². The van der Waals surface area contributed by atoms with Gasteiger partial charge >= 0.3 is 5.97 Å². The minimum atomic E-state index is -0.427. The van der Waals surface area contributed by atoms with Gasteiger partial charge in [0.1, 0.15) is 0 Å². The monoisotopic (exact) mass is 206 g/mol. The minimum Gasteiger partial charge on any atom is -0.479 e. The zero-order valence-electron chi connectivity index (χ0n) is 6.49. The Morgan fingerprint density at radius 2 is 2.08 bits per heavy atom. The summed E-state index contributed by atoms with van der Waals surface area (Å²) in [6.45, 7) is 3.97. The van der Waals surface area contributed by atoms with Crippen molar-refractivity contribution in [2.45, 2.75) is 6.42 Å². The zero-order chi connectivity index (χ0) is 9.40. The Labute approximate surface area is 82.1 Å². The van der Waals surface area contributed by atoms with Crippen LogP contribution in [0.5, 0.6) is 0 Å². The van der Waals surface area contributed by atoms with Crippen LogP contribution in [0.1, 0.15) is 6.42 Å². The summed E-state index contributed by atoms with van der Waals surface area (Å²) in [5.74, 6) is -0.427. The number of ether oxygens (including phenoxy) is 2. The first kappa shape index (κ1) is 11.4. The minimum absolute atomic E-state index is 0.199. The van der Waals surface area contributed by atoms with Gasteiger partial charge < -0.3 is 9.47 Å². The van der Waals surface area contributed by atoms with Gasteiger partial charge in [0.15, 0.2) is 0 Å². The van der Waals surface area contributed by atoms with Gasteiger partial charge in [-0.3, -0.25) is 0 Å². The molecule has 0 aliphatic carbocycles. The maximum absolute atomic E-state index is 10.5. The fourth-order valence-electron chi connectivity index (χ4n) is 0.450. The molecular formula is C7H10O3S2. The molecular weight excluding hydrogens is 196 g/mol. The Hall–Kier alpha value is -0.550. The quantitative estimate of drug-likeness (QED) is 0.242. The molecule has 0 saturated carbocycles. The number of thiol groups is 1. The summed E-state index contributed by atoms with van der Waals surface area (Å²) >= 11 is 8.28. The number of hydrogen-bond acceptors (Lipinski definition) is 4. The van der Waals surface area contributed by atoms with E-state index in [0.717, 1.165) is 6.08 Å². The molecule has 68 valence electrons. The fourth-order valence-corrected chi connectivity index (χ4v) is 0.625. The van der Waals surface area contributed by atoms with Gasteiger partial charge in [-0.1, -0.05) is 19.2 Å². The first-order valence-corrected chi connectivity index (χ1v) is 4.17. The van der Waals surface area contributed by atoms with E-state index in [0.29, 0.717) is 19.6 Å². The first-order valence-electron chi connectivity index (χ1n) is 3.31. The Bertz CT molecular complexity index is 179. The second-order valence-corrected chi connectivity index (χ2v) is 2.92. The smallest absolute Gasteiger partial charge is 0.330 e. The summed E-state index contributed by atoms with van der Waals surface area (Å²) in [7, 11) is 0. The molecule has 0 aliphatic heterocycles. The van der Waals surface area contributed by atoms with Crippen LogP contribution in [0.15, 0.2) is 12.7 Å². The van der Waals surface area contributed by atoms with Crippen molar-refractivity contribution < 1.29 is 14.3 Å². The first-order chi connectivity index (χ1) is 5.66. The highest BCUT2D eigenvalue weighted by molar-refractivity contribution is 8.10. The lowest BCUT2D eigenvalue weighted by Gasteiger charge is -2.02. The largest absolute Gasteiger partial charge is 0.479 e. The Balaban J connectivity index is 3.16. The number of thiocarbonyl (C=S) groups is 1. The zero-order valence-corrected chi connectivity index (χ0v) is 8.20. The van der Waals surface area contributed by atoms with E-state index in [2.05, 4.69) is 36.2 Å². The van der Waals surface area contributed by atoms with E-state index in [1.54, 1.807) is 0 Å². The molecule has 0 amide bonds. The van der Waals surface area contributed by atoms with E-state index in [9.17, 15) is 4.79 Å². The number of hydrogen-bond donors (Lipinski definition) is 1. The molecule has 0 radical (unpaired) electrons. The molecule has 0 unspecified atom stereocenters. The van der Waals surface area contributed by atoms with Gasteiger partial charge in [-0.05, 0) is 12.2 Å². The molecule has 0 aliphatic rings. The molecule has 0 atom stereocenters. The van der Waals surface area contributed by atoms with Crippen LogP contribution in [0.3, 0.4) is 0 Å². The molecule has 0 saturated heterocycles. The third-order valence-corrected chi connectivity index (χ3v) is 1.17. The van der Waals surface area contributed by atoms with Crippen molar-refractivity contribution in [2.24, 2.45) is 0 Å². The van der Waals surface area contributed by atoms with Crippen LogP contribution in [-0.2, 0) is 14.3 Å². The third kappa shape index (κ3) is 7.56. The summed E-state index contributed by atoms with van der Waals surface area (Å²) in [6, 6.07) is 0. The summed E-state index contributed by atoms with van der Waals surface area (Å²) in [5.41, 5.74) is 0. The standard InChI is InChI=1S/C7H10O3S2/c1-2-6(8)9-4-3-5-10-7(11)12/h2H,1,3-5H2,(H,11,12). The van der Waals surface area contributed by atoms with Gasteiger partial charge in [0.25, 0.3) is 0 Å². The van der Waals surface area contributed by atoms with Crippen molar-refractivity contribution in [1.29, 1.82) is 0 Å². The molecule has 0 N–H and O–H groups in total. The Morgan fingerprint density at radius 3 is 2.58 bits per heavy atom. The van der Waals surface area contributed by atoms with E-state index >= 15 is 0 Å². The van der Waals surface area contributed by atoms with Gasteiger partial charge in [0.2, 0.25) is 4.38 Å². The Morgan fingerprint density at radius 1 is 1.50 bits per heavy atom. The van der Waals surface area contributed by atoms with E-state index < -0.39 is 5.97 Å². The van der Waals surface area contributed by atoms with E-state index in [1.807, 2.05) is 0 Å². The number of carbonyl (C=O) groups excluding carboxylic acids is 1. The highest BCUT2D eigenvalue weighted by Crippen LogP contribution is 1.91. The summed E-state index contributed by atoms with van der Waals surface area (Å²) < 4.78 is 9.70. The highest BCUT2D eigenvalue weighted by Gasteiger charge is 1.95. The van der Waals surface area contributed by atoms with Crippen molar-refractivity contribution in [3.05, 3.63) is 12.7 Å². The molecule has 0 fully saturated rings. The predicted octanol–water partition coefficient (Wildman–Crippen LogP) is 1.34. The molecule has 0 rings (SSSR count). The average Bonchev–Trinajstić information content (AvgIpc) is 2.03. The summed E-state index contributed by atoms with van der Waals surface area (Å²) in [4.78, 5) is 10.5. The lowest BCUT2D eigenvalue weighted by atomic mass is 10.5. The SMILES string of the molecule is C=CC(=O)OCCCOC(=S)S. The third-order valence-electron chi connectivity index (χ3n) is 0.925. The molecule has 5 heteroatoms. The maximum Gasteiger partial charge on any atom is 0.330 e. The molecule has 3 nitrogen and oxygen atoms in total. The van der Waals surface area contributed by atoms with Crippen LogP contribution in [0.25, 0.3) is 0 Å². The van der Waals surface area contributed by atoms with Crippen molar-refractivity contribution >= 4 is 35.2 Å². The van der Waals surface area contributed by atoms with Crippen LogP contribution in [0.2, 0.25) is 0 Å². The van der Waals surface area contributed by atoms with Crippen molar-refractivity contribution in [2.75, 3.05) is 13.2 Å². The number of esters is 1. The lowest BCUT2D eigenvalue weighted by Crippen LogP contribution is -2.05. The highest BCUT2D eigenvalue weighted by atomic mass is 32.1. The van der Waals surface area contributed by atoms with E-state index in [1.165, 1.54) is 0 Å². The molecule has 0 heterocycles. The van der Waals surface area contributed by atoms with E-state index in [-0.39, 0.29) is 4.38 Å². The van der Waals surface area contributed by atoms with Gasteiger partial charge in [-0.15, -0.1) is 0 Å². The second-order valence-electron chi connectivity index (χ2n) is 1.84. The summed E-state index contributed by atoms with van der Waals surface area (Å²) in [6.07, 6.45) is 1.71. The van der Waals surface area contributed by atoms with Crippen LogP contribution >= 0.6 is 24.8 Å². The fraction of sp³-hybridized carbons (Fsp3) is 0.429. The molecule has 0 spiro atoms. The maximum atomic E-state index is 10.5. The molecule has 0 bridgehead atoms. The number of rotatable bonds is 5. The summed E-state index contributed by atoms with van der Waals surface area (Å²) in [5, 5.41) is 0. The average molecular weight is 206 g/mol. The van der Waals surface area contributed by atoms with Crippen LogP contribution in [-0.4, -0.2) is 23.6 Å². The van der Waals surface area contributed by atoms with Gasteiger partial charge in [-0.25, -0.2) is 4.79 Å². The van der Waals surface area contributed by atoms with Gasteiger partial charge in [0, 0.05) is 12.5 Å².